The Balaban J connectivity index is 4.30. The Bertz CT molecular complexity index is 1320. The molecule has 82 heavy (non-hydrogen) atoms. The van der Waals surface area contributed by atoms with Gasteiger partial charge in [-0.05, 0) is 70.6 Å². The Labute approximate surface area is 513 Å². The summed E-state index contributed by atoms with van der Waals surface area (Å²) in [7, 11) is 0. The van der Waals surface area contributed by atoms with Gasteiger partial charge in [-0.3, -0.25) is 14.4 Å². The fraction of sp³-hybridized carbons (Fsp3) is 0.908. The molecule has 0 bridgehead atoms. The van der Waals surface area contributed by atoms with Crippen molar-refractivity contribution in [2.24, 2.45) is 0 Å². The van der Waals surface area contributed by atoms with Gasteiger partial charge in [0.25, 0.3) is 0 Å². The second kappa shape index (κ2) is 71.4. The molecule has 1 atom stereocenters. The first kappa shape index (κ1) is 79.9. The molecule has 0 aromatic heterocycles. The van der Waals surface area contributed by atoms with E-state index < -0.39 is 6.10 Å². The quantitative estimate of drug-likeness (QED) is 0.0261. The maximum absolute atomic E-state index is 13.0. The smallest absolute Gasteiger partial charge is 0.306 e. The number of esters is 3. The van der Waals surface area contributed by atoms with Gasteiger partial charge in [0, 0.05) is 19.3 Å². The van der Waals surface area contributed by atoms with Gasteiger partial charge in [-0.1, -0.05) is 360 Å². The predicted molar refractivity (Wildman–Crippen MR) is 358 cm³/mol. The first-order chi connectivity index (χ1) is 40.5. The summed E-state index contributed by atoms with van der Waals surface area (Å²) in [4.78, 5) is 38.6. The van der Waals surface area contributed by atoms with Crippen LogP contribution in [0.1, 0.15) is 425 Å². The van der Waals surface area contributed by atoms with Crippen molar-refractivity contribution < 1.29 is 28.6 Å². The maximum Gasteiger partial charge on any atom is 0.306 e. The fourth-order valence-corrected chi connectivity index (χ4v) is 11.6. The molecule has 0 saturated heterocycles. The highest BCUT2D eigenvalue weighted by atomic mass is 16.6. The summed E-state index contributed by atoms with van der Waals surface area (Å²) in [5.41, 5.74) is 0. The standard InChI is InChI=1S/C76H144O6/c1-4-7-10-13-16-19-22-25-28-31-34-37-40-42-45-48-51-54-57-60-63-66-69-75(78)81-72-73(82-76(79)70-67-64-61-58-55-52-49-46-43-39-36-33-30-27-24-21-18-15-12-9-6-3)71-80-74(77)68-65-62-59-56-53-50-47-44-41-38-35-32-29-26-23-20-17-14-11-8-5-2/h32-33,35-36,73H,4-31,34,37-72H2,1-3H3/b35-32-,36-33-. The molecule has 1 unspecified atom stereocenters. The van der Waals surface area contributed by atoms with E-state index in [1.165, 1.54) is 327 Å². The first-order valence-electron chi connectivity index (χ1n) is 37.3. The number of allylic oxidation sites excluding steroid dienone is 4. The zero-order chi connectivity index (χ0) is 59.2. The fourth-order valence-electron chi connectivity index (χ4n) is 11.6. The summed E-state index contributed by atoms with van der Waals surface area (Å²) >= 11 is 0. The van der Waals surface area contributed by atoms with Crippen molar-refractivity contribution in [2.75, 3.05) is 13.2 Å². The SMILES string of the molecule is CCCCCCCCCC/C=C\CCCCCCCCCCCC(=O)OCC(COC(=O)CCCCCCCCCCCCCCCCCCCCCCCC)OC(=O)CCCCCCCCCCC/C=C\CCCCCCCCCC. The monoisotopic (exact) mass is 1150 g/mol. The van der Waals surface area contributed by atoms with Crippen LogP contribution in [0, 0.1) is 0 Å². The number of carbonyl (C=O) groups is 3. The molecule has 0 spiro atoms. The third kappa shape index (κ3) is 68.7. The largest absolute Gasteiger partial charge is 0.462 e. The summed E-state index contributed by atoms with van der Waals surface area (Å²) in [6.45, 7) is 6.73. The van der Waals surface area contributed by atoms with Crippen molar-refractivity contribution in [1.29, 1.82) is 0 Å². The van der Waals surface area contributed by atoms with Crippen LogP contribution in [0.4, 0.5) is 0 Å². The lowest BCUT2D eigenvalue weighted by atomic mass is 10.0. The van der Waals surface area contributed by atoms with E-state index in [4.69, 9.17) is 14.2 Å². The topological polar surface area (TPSA) is 78.9 Å². The highest BCUT2D eigenvalue weighted by molar-refractivity contribution is 5.71. The minimum absolute atomic E-state index is 0.0667. The number of hydrogen-bond acceptors (Lipinski definition) is 6. The van der Waals surface area contributed by atoms with Gasteiger partial charge in [-0.25, -0.2) is 0 Å². The van der Waals surface area contributed by atoms with Crippen molar-refractivity contribution in [3.63, 3.8) is 0 Å². The zero-order valence-electron chi connectivity index (χ0n) is 55.8. The molecule has 0 amide bonds. The van der Waals surface area contributed by atoms with Crippen LogP contribution < -0.4 is 0 Å². The maximum atomic E-state index is 13.0. The number of unbranched alkanes of at least 4 members (excludes halogenated alkanes) is 55. The highest BCUT2D eigenvalue weighted by Crippen LogP contribution is 2.19. The van der Waals surface area contributed by atoms with Crippen LogP contribution >= 0.6 is 0 Å². The lowest BCUT2D eigenvalue weighted by Crippen LogP contribution is -2.30. The van der Waals surface area contributed by atoms with Crippen molar-refractivity contribution in [2.45, 2.75) is 431 Å². The Morgan fingerprint density at radius 3 is 0.610 bits per heavy atom. The van der Waals surface area contributed by atoms with Crippen LogP contribution in [0.25, 0.3) is 0 Å². The molecule has 0 saturated carbocycles. The molecule has 484 valence electrons. The van der Waals surface area contributed by atoms with Crippen molar-refractivity contribution >= 4 is 17.9 Å². The van der Waals surface area contributed by atoms with Gasteiger partial charge in [0.05, 0.1) is 0 Å². The Hall–Kier alpha value is -2.11. The van der Waals surface area contributed by atoms with Gasteiger partial charge in [-0.15, -0.1) is 0 Å². The molecule has 0 rings (SSSR count). The van der Waals surface area contributed by atoms with Gasteiger partial charge in [-0.2, -0.15) is 0 Å². The summed E-state index contributed by atoms with van der Waals surface area (Å²) in [6.07, 6.45) is 87.8. The highest BCUT2D eigenvalue weighted by Gasteiger charge is 2.20. The van der Waals surface area contributed by atoms with Gasteiger partial charge >= 0.3 is 17.9 Å². The van der Waals surface area contributed by atoms with E-state index in [2.05, 4.69) is 45.1 Å². The molecule has 0 aromatic rings. The Kier molecular flexibility index (Phi) is 69.5. The molecular formula is C76H144O6. The third-order valence-electron chi connectivity index (χ3n) is 17.2. The number of rotatable bonds is 70. The van der Waals surface area contributed by atoms with E-state index in [0.29, 0.717) is 19.3 Å². The first-order valence-corrected chi connectivity index (χ1v) is 37.3. The number of carbonyl (C=O) groups excluding carboxylic acids is 3. The van der Waals surface area contributed by atoms with Gasteiger partial charge in [0.1, 0.15) is 13.2 Å². The molecule has 0 N–H and O–H groups in total. The van der Waals surface area contributed by atoms with Gasteiger partial charge < -0.3 is 14.2 Å². The summed E-state index contributed by atoms with van der Waals surface area (Å²) in [6, 6.07) is 0. The predicted octanol–water partition coefficient (Wildman–Crippen LogP) is 25.7. The van der Waals surface area contributed by atoms with Crippen LogP contribution in [0.2, 0.25) is 0 Å². The van der Waals surface area contributed by atoms with Gasteiger partial charge in [0.15, 0.2) is 6.10 Å². The second-order valence-corrected chi connectivity index (χ2v) is 25.6. The summed E-state index contributed by atoms with van der Waals surface area (Å²) in [5, 5.41) is 0. The van der Waals surface area contributed by atoms with Crippen molar-refractivity contribution in [1.82, 2.24) is 0 Å². The van der Waals surface area contributed by atoms with Crippen LogP contribution in [0.15, 0.2) is 24.3 Å². The van der Waals surface area contributed by atoms with Crippen molar-refractivity contribution in [3.8, 4) is 0 Å². The lowest BCUT2D eigenvalue weighted by Gasteiger charge is -2.18. The minimum Gasteiger partial charge on any atom is -0.462 e. The van der Waals surface area contributed by atoms with E-state index in [0.717, 1.165) is 57.8 Å². The molecule has 0 aliphatic heterocycles. The van der Waals surface area contributed by atoms with Crippen LogP contribution in [-0.4, -0.2) is 37.2 Å². The minimum atomic E-state index is -0.772. The molecule has 0 heterocycles. The number of hydrogen-bond donors (Lipinski definition) is 0. The summed E-state index contributed by atoms with van der Waals surface area (Å²) < 4.78 is 17.1. The molecule has 0 aliphatic rings. The van der Waals surface area contributed by atoms with E-state index in [9.17, 15) is 14.4 Å². The lowest BCUT2D eigenvalue weighted by molar-refractivity contribution is -0.167. The van der Waals surface area contributed by atoms with Crippen LogP contribution in [-0.2, 0) is 28.6 Å². The average molecular weight is 1150 g/mol. The Morgan fingerprint density at radius 1 is 0.232 bits per heavy atom. The average Bonchev–Trinajstić information content (AvgIpc) is 3.47. The second-order valence-electron chi connectivity index (χ2n) is 25.6. The molecular weight excluding hydrogens is 1010 g/mol. The molecule has 6 heteroatoms. The third-order valence-corrected chi connectivity index (χ3v) is 17.2. The van der Waals surface area contributed by atoms with Crippen LogP contribution in [0.3, 0.4) is 0 Å². The molecule has 0 fully saturated rings. The Morgan fingerprint density at radius 2 is 0.402 bits per heavy atom. The van der Waals surface area contributed by atoms with Gasteiger partial charge in [0.2, 0.25) is 0 Å². The van der Waals surface area contributed by atoms with E-state index in [-0.39, 0.29) is 31.1 Å². The number of ether oxygens (including phenoxy) is 3. The molecule has 6 nitrogen and oxygen atoms in total. The zero-order valence-corrected chi connectivity index (χ0v) is 55.8. The molecule has 0 radical (unpaired) electrons. The van der Waals surface area contributed by atoms with Crippen LogP contribution in [0.5, 0.6) is 0 Å². The molecule has 0 aliphatic carbocycles. The molecule has 0 aromatic carbocycles. The van der Waals surface area contributed by atoms with E-state index >= 15 is 0 Å². The van der Waals surface area contributed by atoms with Crippen molar-refractivity contribution in [3.05, 3.63) is 24.3 Å². The van der Waals surface area contributed by atoms with E-state index in [1.807, 2.05) is 0 Å². The summed E-state index contributed by atoms with van der Waals surface area (Å²) in [5.74, 6) is -0.835. The normalized spacial score (nSPS) is 12.1. The van der Waals surface area contributed by atoms with E-state index in [1.54, 1.807) is 0 Å².